The molecule has 0 spiro atoms. The van der Waals surface area contributed by atoms with Crippen molar-refractivity contribution in [1.82, 2.24) is 15.1 Å². The molecule has 1 rings (SSSR count). The van der Waals surface area contributed by atoms with Crippen LogP contribution in [0.1, 0.15) is 18.5 Å². The number of nitrogens with zero attached hydrogens (tertiary/aromatic N) is 2. The van der Waals surface area contributed by atoms with E-state index in [0.29, 0.717) is 6.54 Å². The molecule has 6 nitrogen and oxygen atoms in total. The van der Waals surface area contributed by atoms with Crippen LogP contribution in [0.4, 0.5) is 0 Å². The van der Waals surface area contributed by atoms with E-state index >= 15 is 0 Å². The lowest BCUT2D eigenvalue weighted by molar-refractivity contribution is 0.573. The van der Waals surface area contributed by atoms with Gasteiger partial charge in [-0.25, -0.2) is 13.6 Å². The summed E-state index contributed by atoms with van der Waals surface area (Å²) in [6.07, 6.45) is 3.63. The monoisotopic (exact) mass is 232 g/mol. The fourth-order valence-corrected chi connectivity index (χ4v) is 1.60. The Labute approximate surface area is 89.5 Å². The topological polar surface area (TPSA) is 90.0 Å². The van der Waals surface area contributed by atoms with Gasteiger partial charge in [-0.15, -0.1) is 0 Å². The van der Waals surface area contributed by atoms with Crippen LogP contribution in [0.5, 0.6) is 0 Å². The van der Waals surface area contributed by atoms with E-state index in [1.165, 1.54) is 0 Å². The summed E-state index contributed by atoms with van der Waals surface area (Å²) in [5.41, 5.74) is 1.02. The Balaban J connectivity index is 2.40. The van der Waals surface area contributed by atoms with Gasteiger partial charge in [0.2, 0.25) is 10.0 Å². The Bertz CT molecular complexity index is 412. The second-order valence-electron chi connectivity index (χ2n) is 3.49. The number of hydrogen-bond acceptors (Lipinski definition) is 4. The summed E-state index contributed by atoms with van der Waals surface area (Å²) in [6.45, 7) is 2.29. The number of aromatic nitrogens is 2. The molecule has 1 aromatic rings. The minimum atomic E-state index is -3.38. The van der Waals surface area contributed by atoms with Gasteiger partial charge in [0.25, 0.3) is 0 Å². The predicted octanol–water partition coefficient (Wildman–Crippen LogP) is -0.641. The van der Waals surface area contributed by atoms with Crippen LogP contribution in [-0.2, 0) is 17.1 Å². The third-order valence-electron chi connectivity index (χ3n) is 2.06. The third kappa shape index (κ3) is 4.41. The van der Waals surface area contributed by atoms with Crippen molar-refractivity contribution in [3.63, 3.8) is 0 Å². The molecule has 1 heterocycles. The molecule has 0 bridgehead atoms. The summed E-state index contributed by atoms with van der Waals surface area (Å²) >= 11 is 0. The van der Waals surface area contributed by atoms with Crippen LogP contribution < -0.4 is 10.5 Å². The summed E-state index contributed by atoms with van der Waals surface area (Å²) in [4.78, 5) is 0. The molecule has 1 aromatic heterocycles. The summed E-state index contributed by atoms with van der Waals surface area (Å²) in [7, 11) is -1.55. The largest absolute Gasteiger partial charge is 0.309 e. The highest BCUT2D eigenvalue weighted by Gasteiger charge is 2.08. The lowest BCUT2D eigenvalue weighted by atomic mass is 10.2. The van der Waals surface area contributed by atoms with Crippen molar-refractivity contribution >= 4 is 10.0 Å². The fraction of sp³-hybridized carbons (Fsp3) is 0.625. The molecule has 0 saturated heterocycles. The van der Waals surface area contributed by atoms with E-state index in [0.717, 1.165) is 5.56 Å². The number of sulfonamides is 1. The van der Waals surface area contributed by atoms with E-state index < -0.39 is 10.0 Å². The summed E-state index contributed by atoms with van der Waals surface area (Å²) in [6, 6.07) is 0.0699. The lowest BCUT2D eigenvalue weighted by Gasteiger charge is -2.10. The number of nitrogens with two attached hydrogens (primary N) is 1. The van der Waals surface area contributed by atoms with Crippen LogP contribution in [0, 0.1) is 0 Å². The Hall–Kier alpha value is -0.920. The maximum absolute atomic E-state index is 10.7. The van der Waals surface area contributed by atoms with E-state index in [4.69, 9.17) is 5.14 Å². The fourth-order valence-electron chi connectivity index (χ4n) is 1.20. The lowest BCUT2D eigenvalue weighted by Crippen LogP contribution is -2.28. The quantitative estimate of drug-likeness (QED) is 0.706. The molecule has 1 atom stereocenters. The van der Waals surface area contributed by atoms with E-state index in [-0.39, 0.29) is 11.8 Å². The van der Waals surface area contributed by atoms with Crippen LogP contribution in [0.2, 0.25) is 0 Å². The van der Waals surface area contributed by atoms with Gasteiger partial charge in [0.15, 0.2) is 0 Å². The average Bonchev–Trinajstić information content (AvgIpc) is 2.49. The first kappa shape index (κ1) is 12.2. The Morgan fingerprint density at radius 1 is 1.67 bits per heavy atom. The molecule has 86 valence electrons. The molecule has 0 amide bonds. The highest BCUT2D eigenvalue weighted by Crippen LogP contribution is 2.09. The van der Waals surface area contributed by atoms with E-state index in [1.807, 2.05) is 20.2 Å². The van der Waals surface area contributed by atoms with Crippen molar-refractivity contribution in [2.75, 3.05) is 12.3 Å². The number of aryl methyl sites for hydroxylation is 1. The minimum Gasteiger partial charge on any atom is -0.309 e. The first-order valence-electron chi connectivity index (χ1n) is 4.61. The van der Waals surface area contributed by atoms with Gasteiger partial charge in [-0.3, -0.25) is 4.68 Å². The normalized spacial score (nSPS) is 14.1. The maximum Gasteiger partial charge on any atom is 0.210 e. The number of rotatable bonds is 5. The van der Waals surface area contributed by atoms with Crippen molar-refractivity contribution in [1.29, 1.82) is 0 Å². The van der Waals surface area contributed by atoms with Crippen LogP contribution in [-0.4, -0.2) is 30.5 Å². The van der Waals surface area contributed by atoms with Gasteiger partial charge in [0.1, 0.15) is 0 Å². The summed E-state index contributed by atoms with van der Waals surface area (Å²) in [5.74, 6) is -0.0579. The van der Waals surface area contributed by atoms with E-state index in [1.54, 1.807) is 10.9 Å². The Morgan fingerprint density at radius 2 is 2.33 bits per heavy atom. The molecule has 0 saturated carbocycles. The van der Waals surface area contributed by atoms with Gasteiger partial charge in [-0.2, -0.15) is 5.10 Å². The number of primary sulfonamides is 1. The average molecular weight is 232 g/mol. The first-order chi connectivity index (χ1) is 6.88. The molecule has 1 unspecified atom stereocenters. The van der Waals surface area contributed by atoms with Gasteiger partial charge >= 0.3 is 0 Å². The van der Waals surface area contributed by atoms with Crippen molar-refractivity contribution < 1.29 is 8.42 Å². The van der Waals surface area contributed by atoms with Gasteiger partial charge in [0.05, 0.1) is 11.9 Å². The first-order valence-corrected chi connectivity index (χ1v) is 6.32. The molecular formula is C8H16N4O2S. The molecule has 0 fully saturated rings. The zero-order valence-corrected chi connectivity index (χ0v) is 9.66. The zero-order chi connectivity index (χ0) is 11.5. The molecular weight excluding hydrogens is 216 g/mol. The van der Waals surface area contributed by atoms with Gasteiger partial charge in [0, 0.05) is 31.4 Å². The van der Waals surface area contributed by atoms with Crippen LogP contribution in [0.15, 0.2) is 12.4 Å². The van der Waals surface area contributed by atoms with Crippen LogP contribution in [0.25, 0.3) is 0 Å². The Morgan fingerprint density at radius 3 is 2.80 bits per heavy atom. The zero-order valence-electron chi connectivity index (χ0n) is 8.84. The second-order valence-corrected chi connectivity index (χ2v) is 5.22. The number of nitrogens with one attached hydrogen (secondary N) is 1. The van der Waals surface area contributed by atoms with Crippen LogP contribution >= 0.6 is 0 Å². The maximum atomic E-state index is 10.7. The Kier molecular flexibility index (Phi) is 3.83. The molecule has 0 aliphatic rings. The molecule has 0 aromatic carbocycles. The summed E-state index contributed by atoms with van der Waals surface area (Å²) in [5, 5.41) is 12.0. The van der Waals surface area contributed by atoms with Gasteiger partial charge < -0.3 is 5.32 Å². The van der Waals surface area contributed by atoms with Crippen LogP contribution in [0.3, 0.4) is 0 Å². The predicted molar refractivity (Wildman–Crippen MR) is 57.6 cm³/mol. The number of hydrogen-bond donors (Lipinski definition) is 2. The summed E-state index contributed by atoms with van der Waals surface area (Å²) < 4.78 is 23.1. The van der Waals surface area contributed by atoms with Crippen molar-refractivity contribution in [3.05, 3.63) is 18.0 Å². The highest BCUT2D eigenvalue weighted by molar-refractivity contribution is 7.89. The van der Waals surface area contributed by atoms with Gasteiger partial charge in [-0.1, -0.05) is 0 Å². The van der Waals surface area contributed by atoms with E-state index in [9.17, 15) is 8.42 Å². The van der Waals surface area contributed by atoms with Crippen molar-refractivity contribution in [2.45, 2.75) is 13.0 Å². The molecule has 15 heavy (non-hydrogen) atoms. The third-order valence-corrected chi connectivity index (χ3v) is 2.84. The van der Waals surface area contributed by atoms with Crippen molar-refractivity contribution in [3.8, 4) is 0 Å². The SMILES string of the molecule is CC(NCCS(N)(=O)=O)c1cnn(C)c1. The highest BCUT2D eigenvalue weighted by atomic mass is 32.2. The second kappa shape index (κ2) is 4.73. The smallest absolute Gasteiger partial charge is 0.210 e. The van der Waals surface area contributed by atoms with E-state index in [2.05, 4.69) is 10.4 Å². The molecule has 0 aliphatic carbocycles. The molecule has 3 N–H and O–H groups in total. The molecule has 0 radical (unpaired) electrons. The van der Waals surface area contributed by atoms with Gasteiger partial charge in [-0.05, 0) is 6.92 Å². The minimum absolute atomic E-state index is 0.0579. The standard InChI is InChI=1S/C8H16N4O2S/c1-7(8-5-11-12(2)6-8)10-3-4-15(9,13)14/h5-7,10H,3-4H2,1-2H3,(H2,9,13,14). The van der Waals surface area contributed by atoms with Crippen molar-refractivity contribution in [2.24, 2.45) is 12.2 Å². The molecule has 7 heteroatoms. The molecule has 0 aliphatic heterocycles.